The molecule has 7 heteroatoms. The zero-order valence-electron chi connectivity index (χ0n) is 19.4. The van der Waals surface area contributed by atoms with Crippen molar-refractivity contribution in [3.8, 4) is 11.1 Å². The second-order valence-corrected chi connectivity index (χ2v) is 11.2. The molecule has 0 amide bonds. The van der Waals surface area contributed by atoms with Gasteiger partial charge in [-0.25, -0.2) is 8.42 Å². The first-order valence-electron chi connectivity index (χ1n) is 11.9. The van der Waals surface area contributed by atoms with Crippen molar-refractivity contribution in [3.63, 3.8) is 0 Å². The molecule has 2 aromatic carbocycles. The molecule has 2 saturated heterocycles. The minimum atomic E-state index is -3.59. The highest BCUT2D eigenvalue weighted by molar-refractivity contribution is 7.89. The van der Waals surface area contributed by atoms with Crippen molar-refractivity contribution in [3.05, 3.63) is 84.2 Å². The van der Waals surface area contributed by atoms with Crippen LogP contribution in [0.25, 0.3) is 11.1 Å². The third-order valence-electron chi connectivity index (χ3n) is 7.33. The fourth-order valence-corrected chi connectivity index (χ4v) is 7.27. The molecule has 1 N–H and O–H groups in total. The quantitative estimate of drug-likeness (QED) is 0.607. The third kappa shape index (κ3) is 4.18. The Morgan fingerprint density at radius 1 is 0.971 bits per heavy atom. The number of aromatic nitrogens is 1. The molecule has 0 spiro atoms. The molecule has 2 aliphatic rings. The number of nitrogens with zero attached hydrogens (tertiary/aromatic N) is 3. The summed E-state index contributed by atoms with van der Waals surface area (Å²) in [5.74, 6) is 0.0839. The van der Waals surface area contributed by atoms with Crippen LogP contribution in [0.2, 0.25) is 0 Å². The van der Waals surface area contributed by atoms with E-state index in [1.165, 1.54) is 0 Å². The van der Waals surface area contributed by atoms with Gasteiger partial charge in [0.2, 0.25) is 10.0 Å². The van der Waals surface area contributed by atoms with Gasteiger partial charge in [-0.05, 0) is 60.7 Å². The molecule has 0 bridgehead atoms. The molecule has 1 aromatic heterocycles. The van der Waals surface area contributed by atoms with Crippen LogP contribution in [0.15, 0.2) is 78.0 Å². The van der Waals surface area contributed by atoms with Crippen molar-refractivity contribution < 1.29 is 13.5 Å². The molecule has 5 rings (SSSR count). The molecular weight excluding hydrogens is 446 g/mol. The Balaban J connectivity index is 1.44. The molecule has 2 aliphatic heterocycles. The van der Waals surface area contributed by atoms with Crippen LogP contribution in [0.1, 0.15) is 29.9 Å². The average molecular weight is 478 g/mol. The number of hydrogen-bond acceptors (Lipinski definition) is 5. The van der Waals surface area contributed by atoms with Gasteiger partial charge in [-0.15, -0.1) is 0 Å². The van der Waals surface area contributed by atoms with Crippen LogP contribution in [0.3, 0.4) is 0 Å². The summed E-state index contributed by atoms with van der Waals surface area (Å²) in [5, 5.41) is 10.2. The van der Waals surface area contributed by atoms with Crippen LogP contribution in [0, 0.1) is 6.92 Å². The van der Waals surface area contributed by atoms with Crippen molar-refractivity contribution in [2.24, 2.45) is 0 Å². The molecule has 6 nitrogen and oxygen atoms in total. The summed E-state index contributed by atoms with van der Waals surface area (Å²) in [6, 6.07) is 19.6. The maximum Gasteiger partial charge on any atom is 0.243 e. The fourth-order valence-electron chi connectivity index (χ4n) is 5.54. The van der Waals surface area contributed by atoms with E-state index in [0.29, 0.717) is 18.0 Å². The monoisotopic (exact) mass is 477 g/mol. The minimum absolute atomic E-state index is 0.00959. The Bertz CT molecular complexity index is 1230. The van der Waals surface area contributed by atoms with E-state index >= 15 is 0 Å². The van der Waals surface area contributed by atoms with E-state index in [1.54, 1.807) is 22.6 Å². The number of aliphatic hydroxyl groups excluding tert-OH is 1. The fraction of sp³-hybridized carbons (Fsp3) is 0.370. The number of sulfonamides is 1. The van der Waals surface area contributed by atoms with Gasteiger partial charge in [0.05, 0.1) is 11.5 Å². The molecular formula is C27H31N3O3S. The number of fused-ring (bicyclic) bond motifs is 1. The van der Waals surface area contributed by atoms with Gasteiger partial charge in [0.25, 0.3) is 0 Å². The van der Waals surface area contributed by atoms with Crippen LogP contribution in [-0.4, -0.2) is 66.0 Å². The smallest absolute Gasteiger partial charge is 0.243 e. The second-order valence-electron chi connectivity index (χ2n) is 9.28. The summed E-state index contributed by atoms with van der Waals surface area (Å²) in [6.07, 6.45) is 5.34. The summed E-state index contributed by atoms with van der Waals surface area (Å²) < 4.78 is 28.9. The first kappa shape index (κ1) is 23.2. The number of aryl methyl sites for hydroxylation is 1. The SMILES string of the molecule is Cc1ccccc1S(=O)(=O)N1CCCCN2[C@@H](CO)[C@@H](c3ccc(-c4cccnc4)cc3)[C@@H]2C1. The molecule has 178 valence electrons. The van der Waals surface area contributed by atoms with E-state index < -0.39 is 10.0 Å². The van der Waals surface area contributed by atoms with Crippen LogP contribution >= 0.6 is 0 Å². The molecule has 3 atom stereocenters. The summed E-state index contributed by atoms with van der Waals surface area (Å²) in [6.45, 7) is 3.76. The van der Waals surface area contributed by atoms with E-state index in [2.05, 4.69) is 34.1 Å². The van der Waals surface area contributed by atoms with Gasteiger partial charge in [0.1, 0.15) is 0 Å². The number of aliphatic hydroxyl groups is 1. The summed E-state index contributed by atoms with van der Waals surface area (Å²) in [5.41, 5.74) is 4.06. The van der Waals surface area contributed by atoms with Crippen molar-refractivity contribution in [2.75, 3.05) is 26.2 Å². The Morgan fingerprint density at radius 3 is 2.44 bits per heavy atom. The number of pyridine rings is 1. The highest BCUT2D eigenvalue weighted by atomic mass is 32.2. The van der Waals surface area contributed by atoms with Gasteiger partial charge in [0.15, 0.2) is 0 Å². The predicted molar refractivity (Wildman–Crippen MR) is 133 cm³/mol. The van der Waals surface area contributed by atoms with Gasteiger partial charge >= 0.3 is 0 Å². The summed E-state index contributed by atoms with van der Waals surface area (Å²) >= 11 is 0. The van der Waals surface area contributed by atoms with E-state index in [1.807, 2.05) is 37.4 Å². The highest BCUT2D eigenvalue weighted by Crippen LogP contribution is 2.43. The molecule has 34 heavy (non-hydrogen) atoms. The molecule has 0 unspecified atom stereocenters. The first-order valence-corrected chi connectivity index (χ1v) is 13.4. The number of hydrogen-bond donors (Lipinski definition) is 1. The van der Waals surface area contributed by atoms with Crippen molar-refractivity contribution in [1.29, 1.82) is 0 Å². The lowest BCUT2D eigenvalue weighted by Gasteiger charge is -2.57. The molecule has 0 saturated carbocycles. The summed E-state index contributed by atoms with van der Waals surface area (Å²) in [4.78, 5) is 6.90. The molecule has 0 radical (unpaired) electrons. The third-order valence-corrected chi connectivity index (χ3v) is 9.36. The van der Waals surface area contributed by atoms with E-state index in [9.17, 15) is 13.5 Å². The average Bonchev–Trinajstić information content (AvgIpc) is 2.84. The Morgan fingerprint density at radius 2 is 1.74 bits per heavy atom. The number of rotatable bonds is 5. The highest BCUT2D eigenvalue weighted by Gasteiger charge is 2.50. The van der Waals surface area contributed by atoms with Crippen molar-refractivity contribution in [2.45, 2.75) is 42.7 Å². The van der Waals surface area contributed by atoms with Crippen molar-refractivity contribution in [1.82, 2.24) is 14.2 Å². The lowest BCUT2D eigenvalue weighted by atomic mass is 9.74. The Hall–Kier alpha value is -2.58. The van der Waals surface area contributed by atoms with Crippen LogP contribution in [0.4, 0.5) is 0 Å². The zero-order chi connectivity index (χ0) is 23.7. The van der Waals surface area contributed by atoms with Gasteiger partial charge in [0, 0.05) is 43.5 Å². The Kier molecular flexibility index (Phi) is 6.53. The first-order chi connectivity index (χ1) is 16.5. The van der Waals surface area contributed by atoms with Gasteiger partial charge in [-0.1, -0.05) is 48.5 Å². The summed E-state index contributed by atoms with van der Waals surface area (Å²) in [7, 11) is -3.59. The van der Waals surface area contributed by atoms with E-state index in [0.717, 1.165) is 41.6 Å². The van der Waals surface area contributed by atoms with Crippen LogP contribution in [0.5, 0.6) is 0 Å². The lowest BCUT2D eigenvalue weighted by Crippen LogP contribution is -2.67. The van der Waals surface area contributed by atoms with Crippen LogP contribution in [-0.2, 0) is 10.0 Å². The molecule has 2 fully saturated rings. The predicted octanol–water partition coefficient (Wildman–Crippen LogP) is 3.67. The normalized spacial score (nSPS) is 24.0. The van der Waals surface area contributed by atoms with Crippen LogP contribution < -0.4 is 0 Å². The van der Waals surface area contributed by atoms with E-state index in [4.69, 9.17) is 0 Å². The molecule has 3 aromatic rings. The molecule has 0 aliphatic carbocycles. The van der Waals surface area contributed by atoms with E-state index in [-0.39, 0.29) is 24.6 Å². The van der Waals surface area contributed by atoms with Gasteiger partial charge in [-0.3, -0.25) is 9.88 Å². The molecule has 3 heterocycles. The lowest BCUT2D eigenvalue weighted by molar-refractivity contribution is -0.0553. The van der Waals surface area contributed by atoms with Gasteiger partial charge < -0.3 is 5.11 Å². The van der Waals surface area contributed by atoms with Crippen molar-refractivity contribution >= 4 is 10.0 Å². The standard InChI is InChI=1S/C27H31N3O3S/c1-20-7-2-3-9-26(20)34(32,33)29-15-4-5-16-30-24(18-29)27(25(30)19-31)22-12-10-21(11-13-22)23-8-6-14-28-17-23/h2-3,6-14,17,24-25,27,31H,4-5,15-16,18-19H2,1H3/t24-,25-,27-/m0/s1. The zero-order valence-corrected chi connectivity index (χ0v) is 20.2. The minimum Gasteiger partial charge on any atom is -0.395 e. The maximum absolute atomic E-state index is 13.6. The number of benzene rings is 2. The second kappa shape index (κ2) is 9.58. The largest absolute Gasteiger partial charge is 0.395 e. The maximum atomic E-state index is 13.6. The Labute approximate surface area is 201 Å². The van der Waals surface area contributed by atoms with Gasteiger partial charge in [-0.2, -0.15) is 4.31 Å². The topological polar surface area (TPSA) is 73.7 Å².